The lowest BCUT2D eigenvalue weighted by molar-refractivity contribution is 0.0954. The first kappa shape index (κ1) is 18.9. The number of nitrogens with one attached hydrogen (secondary N) is 2. The molecule has 4 nitrogen and oxygen atoms in total. The molecular weight excluding hydrogens is 358 g/mol. The van der Waals surface area contributed by atoms with Gasteiger partial charge in [-0.05, 0) is 54.3 Å². The number of hydrogen-bond acceptors (Lipinski definition) is 3. The highest BCUT2D eigenvalue weighted by molar-refractivity contribution is 6.30. The number of nitrogens with zero attached hydrogens (tertiary/aromatic N) is 1. The second kappa shape index (κ2) is 9.19. The summed E-state index contributed by atoms with van der Waals surface area (Å²) < 4.78 is 0. The maximum atomic E-state index is 12.2. The van der Waals surface area contributed by atoms with E-state index >= 15 is 0 Å². The van der Waals surface area contributed by atoms with Gasteiger partial charge in [0.25, 0.3) is 5.91 Å². The molecular formula is C22H22ClN3O. The maximum Gasteiger partial charge on any atom is 0.252 e. The number of benzene rings is 2. The molecule has 1 amide bonds. The molecule has 5 heteroatoms. The molecule has 0 fully saturated rings. The van der Waals surface area contributed by atoms with E-state index in [-0.39, 0.29) is 5.91 Å². The third-order valence-electron chi connectivity index (χ3n) is 4.34. The van der Waals surface area contributed by atoms with Crippen molar-refractivity contribution in [3.05, 3.63) is 94.1 Å². The number of amides is 1. The molecule has 3 rings (SSSR count). The highest BCUT2D eigenvalue weighted by atomic mass is 35.5. The summed E-state index contributed by atoms with van der Waals surface area (Å²) in [5, 5.41) is 6.90. The summed E-state index contributed by atoms with van der Waals surface area (Å²) in [6.45, 7) is 3.33. The molecule has 27 heavy (non-hydrogen) atoms. The molecule has 0 bridgehead atoms. The van der Waals surface area contributed by atoms with E-state index in [1.165, 1.54) is 11.1 Å². The number of carbonyl (C=O) groups excluding carboxylic acids is 1. The van der Waals surface area contributed by atoms with Crippen LogP contribution >= 0.6 is 11.6 Å². The first-order valence-electron chi connectivity index (χ1n) is 8.89. The number of anilines is 1. The van der Waals surface area contributed by atoms with Crippen LogP contribution in [0.1, 0.15) is 27.0 Å². The molecule has 0 saturated carbocycles. The van der Waals surface area contributed by atoms with Crippen molar-refractivity contribution >= 4 is 23.3 Å². The van der Waals surface area contributed by atoms with Crippen molar-refractivity contribution in [2.24, 2.45) is 0 Å². The van der Waals surface area contributed by atoms with Crippen LogP contribution < -0.4 is 10.6 Å². The van der Waals surface area contributed by atoms with Crippen molar-refractivity contribution in [3.63, 3.8) is 0 Å². The van der Waals surface area contributed by atoms with Crippen molar-refractivity contribution in [3.8, 4) is 0 Å². The highest BCUT2D eigenvalue weighted by Crippen LogP contribution is 2.12. The predicted molar refractivity (Wildman–Crippen MR) is 110 cm³/mol. The van der Waals surface area contributed by atoms with E-state index in [1.807, 2.05) is 42.5 Å². The molecule has 0 unspecified atom stereocenters. The number of rotatable bonds is 7. The van der Waals surface area contributed by atoms with Crippen molar-refractivity contribution in [2.75, 3.05) is 11.9 Å². The summed E-state index contributed by atoms with van der Waals surface area (Å²) in [7, 11) is 0. The van der Waals surface area contributed by atoms with E-state index in [0.29, 0.717) is 23.7 Å². The standard InChI is InChI=1S/C22H22ClN3O/c1-16-5-2-3-7-18(16)14-25-21-10-9-19(15-26-21)22(27)24-12-11-17-6-4-8-20(23)13-17/h2-10,13,15H,11-12,14H2,1H3,(H,24,27)(H,25,26). The van der Waals surface area contributed by atoms with E-state index < -0.39 is 0 Å². The fourth-order valence-corrected chi connectivity index (χ4v) is 2.95. The van der Waals surface area contributed by atoms with Crippen molar-refractivity contribution in [1.29, 1.82) is 0 Å². The topological polar surface area (TPSA) is 54.0 Å². The fourth-order valence-electron chi connectivity index (χ4n) is 2.74. The Morgan fingerprint density at radius 1 is 1.07 bits per heavy atom. The van der Waals surface area contributed by atoms with Crippen molar-refractivity contribution in [2.45, 2.75) is 19.9 Å². The van der Waals surface area contributed by atoms with Gasteiger partial charge in [-0.2, -0.15) is 0 Å². The molecule has 2 N–H and O–H groups in total. The SMILES string of the molecule is Cc1ccccc1CNc1ccc(C(=O)NCCc2cccc(Cl)c2)cn1. The monoisotopic (exact) mass is 379 g/mol. The molecule has 3 aromatic rings. The number of hydrogen-bond donors (Lipinski definition) is 2. The number of carbonyl (C=O) groups is 1. The Kier molecular flexibility index (Phi) is 6.44. The van der Waals surface area contributed by atoms with Gasteiger partial charge >= 0.3 is 0 Å². The van der Waals surface area contributed by atoms with E-state index in [9.17, 15) is 4.79 Å². The summed E-state index contributed by atoms with van der Waals surface area (Å²) in [6.07, 6.45) is 2.32. The molecule has 138 valence electrons. The number of pyridine rings is 1. The van der Waals surface area contributed by atoms with E-state index in [0.717, 1.165) is 17.8 Å². The van der Waals surface area contributed by atoms with Gasteiger partial charge in [-0.15, -0.1) is 0 Å². The van der Waals surface area contributed by atoms with Gasteiger partial charge in [0.05, 0.1) is 5.56 Å². The molecule has 0 spiro atoms. The second-order valence-corrected chi connectivity index (χ2v) is 6.78. The zero-order valence-corrected chi connectivity index (χ0v) is 16.0. The molecule has 2 aromatic carbocycles. The van der Waals surface area contributed by atoms with Gasteiger partial charge in [0, 0.05) is 24.3 Å². The number of halogens is 1. The molecule has 0 atom stereocenters. The minimum absolute atomic E-state index is 0.130. The third kappa shape index (κ3) is 5.56. The summed E-state index contributed by atoms with van der Waals surface area (Å²) in [4.78, 5) is 16.6. The Balaban J connectivity index is 1.49. The van der Waals surface area contributed by atoms with Crippen LogP contribution in [0.25, 0.3) is 0 Å². The van der Waals surface area contributed by atoms with Crippen LogP contribution in [0.4, 0.5) is 5.82 Å². The molecule has 0 radical (unpaired) electrons. The minimum Gasteiger partial charge on any atom is -0.366 e. The molecule has 0 saturated heterocycles. The lowest BCUT2D eigenvalue weighted by Gasteiger charge is -2.09. The average Bonchev–Trinajstić information content (AvgIpc) is 2.68. The minimum atomic E-state index is -0.130. The molecule has 0 aliphatic carbocycles. The van der Waals surface area contributed by atoms with Gasteiger partial charge in [-0.25, -0.2) is 4.98 Å². The largest absolute Gasteiger partial charge is 0.366 e. The molecule has 1 aromatic heterocycles. The van der Waals surface area contributed by atoms with Gasteiger partial charge in [0.15, 0.2) is 0 Å². The van der Waals surface area contributed by atoms with Gasteiger partial charge in [-0.3, -0.25) is 4.79 Å². The first-order chi connectivity index (χ1) is 13.1. The van der Waals surface area contributed by atoms with E-state index in [2.05, 4.69) is 34.7 Å². The molecule has 0 aliphatic heterocycles. The number of aromatic nitrogens is 1. The number of aryl methyl sites for hydroxylation is 1. The van der Waals surface area contributed by atoms with Crippen molar-refractivity contribution in [1.82, 2.24) is 10.3 Å². The van der Waals surface area contributed by atoms with E-state index in [4.69, 9.17) is 11.6 Å². The fraction of sp³-hybridized carbons (Fsp3) is 0.182. The lowest BCUT2D eigenvalue weighted by Crippen LogP contribution is -2.25. The Morgan fingerprint density at radius 2 is 1.93 bits per heavy atom. The summed E-state index contributed by atoms with van der Waals surface area (Å²) in [6, 6.07) is 19.5. The van der Waals surface area contributed by atoms with Crippen molar-refractivity contribution < 1.29 is 4.79 Å². The normalized spacial score (nSPS) is 10.4. The van der Waals surface area contributed by atoms with Crippen LogP contribution in [-0.2, 0) is 13.0 Å². The van der Waals surface area contributed by atoms with Crippen LogP contribution in [0, 0.1) is 6.92 Å². The first-order valence-corrected chi connectivity index (χ1v) is 9.27. The molecule has 1 heterocycles. The zero-order chi connectivity index (χ0) is 19.1. The van der Waals surface area contributed by atoms with Crippen LogP contribution in [0.2, 0.25) is 5.02 Å². The summed E-state index contributed by atoms with van der Waals surface area (Å²) in [5.74, 6) is 0.615. The van der Waals surface area contributed by atoms with Gasteiger partial charge in [-0.1, -0.05) is 48.0 Å². The van der Waals surface area contributed by atoms with Gasteiger partial charge in [0.2, 0.25) is 0 Å². The van der Waals surface area contributed by atoms with Crippen LogP contribution in [0.3, 0.4) is 0 Å². The highest BCUT2D eigenvalue weighted by Gasteiger charge is 2.06. The second-order valence-electron chi connectivity index (χ2n) is 6.35. The summed E-state index contributed by atoms with van der Waals surface area (Å²) in [5.41, 5.74) is 4.10. The Labute approximate surface area is 164 Å². The van der Waals surface area contributed by atoms with Crippen LogP contribution in [0.15, 0.2) is 66.9 Å². The predicted octanol–water partition coefficient (Wildman–Crippen LogP) is 4.63. The van der Waals surface area contributed by atoms with Gasteiger partial charge in [0.1, 0.15) is 5.82 Å². The maximum absolute atomic E-state index is 12.2. The third-order valence-corrected chi connectivity index (χ3v) is 4.57. The zero-order valence-electron chi connectivity index (χ0n) is 15.2. The molecule has 0 aliphatic rings. The Morgan fingerprint density at radius 3 is 2.67 bits per heavy atom. The lowest BCUT2D eigenvalue weighted by atomic mass is 10.1. The van der Waals surface area contributed by atoms with Crippen LogP contribution in [-0.4, -0.2) is 17.4 Å². The Bertz CT molecular complexity index is 909. The van der Waals surface area contributed by atoms with Crippen LogP contribution in [0.5, 0.6) is 0 Å². The smallest absolute Gasteiger partial charge is 0.252 e. The van der Waals surface area contributed by atoms with Gasteiger partial charge < -0.3 is 10.6 Å². The summed E-state index contributed by atoms with van der Waals surface area (Å²) >= 11 is 5.97. The average molecular weight is 380 g/mol. The quantitative estimate of drug-likeness (QED) is 0.629. The van der Waals surface area contributed by atoms with E-state index in [1.54, 1.807) is 12.3 Å². The Hall–Kier alpha value is -2.85.